The van der Waals surface area contributed by atoms with E-state index < -0.39 is 0 Å². The molecule has 0 aliphatic rings. The van der Waals surface area contributed by atoms with E-state index in [0.717, 1.165) is 0 Å². The minimum atomic E-state index is 0.348. The summed E-state index contributed by atoms with van der Waals surface area (Å²) < 4.78 is 0. The summed E-state index contributed by atoms with van der Waals surface area (Å²) in [5.74, 6) is 0. The van der Waals surface area contributed by atoms with Crippen LogP contribution < -0.4 is 5.32 Å². The molecular weight excluding hydrogens is 262 g/mol. The lowest BCUT2D eigenvalue weighted by molar-refractivity contribution is 0.493. The molecule has 2 heteroatoms. The predicted octanol–water partition coefficient (Wildman–Crippen LogP) is 5.13. The molecule has 20 heavy (non-hydrogen) atoms. The van der Waals surface area contributed by atoms with Gasteiger partial charge in [0.05, 0.1) is 0 Å². The highest BCUT2D eigenvalue weighted by molar-refractivity contribution is 7.98. The van der Waals surface area contributed by atoms with Gasteiger partial charge in [-0.3, -0.25) is 0 Å². The van der Waals surface area contributed by atoms with Crippen molar-refractivity contribution >= 4 is 11.8 Å². The molecule has 2 aromatic rings. The number of hydrogen-bond donors (Lipinski definition) is 1. The molecule has 2 aromatic carbocycles. The topological polar surface area (TPSA) is 12.0 Å². The van der Waals surface area contributed by atoms with Crippen LogP contribution in [0.25, 0.3) is 0 Å². The lowest BCUT2D eigenvalue weighted by Gasteiger charge is -2.22. The van der Waals surface area contributed by atoms with Gasteiger partial charge in [-0.1, -0.05) is 36.4 Å². The third-order valence-corrected chi connectivity index (χ3v) is 4.51. The van der Waals surface area contributed by atoms with Crippen LogP contribution in [0.3, 0.4) is 0 Å². The molecule has 2 rings (SSSR count). The van der Waals surface area contributed by atoms with Crippen molar-refractivity contribution in [2.45, 2.75) is 37.8 Å². The first-order valence-corrected chi connectivity index (χ1v) is 8.30. The highest BCUT2D eigenvalue weighted by Crippen LogP contribution is 2.23. The van der Waals surface area contributed by atoms with Crippen LogP contribution in [0.4, 0.5) is 0 Å². The van der Waals surface area contributed by atoms with E-state index >= 15 is 0 Å². The molecule has 0 saturated carbocycles. The Morgan fingerprint density at radius 1 is 0.900 bits per heavy atom. The number of hydrogen-bond acceptors (Lipinski definition) is 2. The highest BCUT2D eigenvalue weighted by atomic mass is 32.2. The molecular formula is C18H23NS. The zero-order chi connectivity index (χ0) is 14.5. The Labute approximate surface area is 126 Å². The summed E-state index contributed by atoms with van der Waals surface area (Å²) in [6.07, 6.45) is 2.11. The van der Waals surface area contributed by atoms with E-state index in [-0.39, 0.29) is 0 Å². The molecule has 0 spiro atoms. The summed E-state index contributed by atoms with van der Waals surface area (Å²) in [5.41, 5.74) is 4.06. The second-order valence-corrected chi connectivity index (χ2v) is 6.12. The van der Waals surface area contributed by atoms with Gasteiger partial charge in [-0.15, -0.1) is 11.8 Å². The minimum absolute atomic E-state index is 0.348. The maximum atomic E-state index is 3.68. The van der Waals surface area contributed by atoms with Crippen molar-refractivity contribution in [2.24, 2.45) is 0 Å². The fourth-order valence-electron chi connectivity index (χ4n) is 2.53. The van der Waals surface area contributed by atoms with Crippen molar-refractivity contribution in [1.29, 1.82) is 0 Å². The van der Waals surface area contributed by atoms with E-state index in [2.05, 4.69) is 80.9 Å². The van der Waals surface area contributed by atoms with Crippen LogP contribution in [0, 0.1) is 6.92 Å². The van der Waals surface area contributed by atoms with E-state index in [9.17, 15) is 0 Å². The number of aryl methyl sites for hydroxylation is 1. The Morgan fingerprint density at radius 3 is 2.15 bits per heavy atom. The standard InChI is InChI=1S/C18H23NS/c1-13-7-5-6-8-18(13)15(3)19-14(2)16-9-11-17(20-4)12-10-16/h5-12,14-15,19H,1-4H3/t14?,15-/m1/s1. The van der Waals surface area contributed by atoms with Crippen LogP contribution in [-0.2, 0) is 0 Å². The Kier molecular flexibility index (Phi) is 5.27. The number of thioether (sulfide) groups is 1. The van der Waals surface area contributed by atoms with Crippen molar-refractivity contribution in [3.63, 3.8) is 0 Å². The molecule has 1 nitrogen and oxygen atoms in total. The molecule has 106 valence electrons. The summed E-state index contributed by atoms with van der Waals surface area (Å²) in [7, 11) is 0. The van der Waals surface area contributed by atoms with Crippen LogP contribution in [0.15, 0.2) is 53.4 Å². The molecule has 0 aliphatic carbocycles. The zero-order valence-corrected chi connectivity index (χ0v) is 13.5. The quantitative estimate of drug-likeness (QED) is 0.764. The Hall–Kier alpha value is -1.25. The van der Waals surface area contributed by atoms with Gasteiger partial charge in [0.1, 0.15) is 0 Å². The van der Waals surface area contributed by atoms with Crippen LogP contribution in [0.1, 0.15) is 42.6 Å². The molecule has 0 radical (unpaired) electrons. The SMILES string of the molecule is CSc1ccc(C(C)N[C@H](C)c2ccccc2C)cc1. The van der Waals surface area contributed by atoms with Gasteiger partial charge < -0.3 is 5.32 Å². The molecule has 0 amide bonds. The molecule has 0 aromatic heterocycles. The Bertz CT molecular complexity index is 548. The lowest BCUT2D eigenvalue weighted by atomic mass is 10.0. The fourth-order valence-corrected chi connectivity index (χ4v) is 2.93. The smallest absolute Gasteiger partial charge is 0.0300 e. The first-order chi connectivity index (χ1) is 9.61. The largest absolute Gasteiger partial charge is 0.304 e. The van der Waals surface area contributed by atoms with Gasteiger partial charge in [0, 0.05) is 17.0 Å². The van der Waals surface area contributed by atoms with E-state index in [1.165, 1.54) is 21.6 Å². The Balaban J connectivity index is 2.06. The van der Waals surface area contributed by atoms with Crippen LogP contribution in [0.5, 0.6) is 0 Å². The fraction of sp³-hybridized carbons (Fsp3) is 0.333. The second kappa shape index (κ2) is 6.96. The maximum Gasteiger partial charge on any atom is 0.0300 e. The summed E-state index contributed by atoms with van der Waals surface area (Å²) in [4.78, 5) is 1.31. The van der Waals surface area contributed by atoms with Gasteiger partial charge in [0.15, 0.2) is 0 Å². The zero-order valence-electron chi connectivity index (χ0n) is 12.7. The lowest BCUT2D eigenvalue weighted by Crippen LogP contribution is -2.23. The summed E-state index contributed by atoms with van der Waals surface area (Å²) >= 11 is 1.78. The minimum Gasteiger partial charge on any atom is -0.304 e. The van der Waals surface area contributed by atoms with Gasteiger partial charge in [-0.2, -0.15) is 0 Å². The first kappa shape index (κ1) is 15.1. The molecule has 0 aliphatic heterocycles. The van der Waals surface area contributed by atoms with Gasteiger partial charge in [0.2, 0.25) is 0 Å². The van der Waals surface area contributed by atoms with Gasteiger partial charge >= 0.3 is 0 Å². The van der Waals surface area contributed by atoms with Gasteiger partial charge in [0.25, 0.3) is 0 Å². The summed E-state index contributed by atoms with van der Waals surface area (Å²) in [6, 6.07) is 18.1. The molecule has 1 unspecified atom stereocenters. The van der Waals surface area contributed by atoms with Crippen LogP contribution in [-0.4, -0.2) is 6.26 Å². The summed E-state index contributed by atoms with van der Waals surface area (Å²) in [6.45, 7) is 6.63. The number of benzene rings is 2. The monoisotopic (exact) mass is 285 g/mol. The van der Waals surface area contributed by atoms with Crippen molar-refractivity contribution in [3.05, 3.63) is 65.2 Å². The third kappa shape index (κ3) is 3.65. The molecule has 1 N–H and O–H groups in total. The van der Waals surface area contributed by atoms with Crippen molar-refractivity contribution in [1.82, 2.24) is 5.32 Å². The predicted molar refractivity (Wildman–Crippen MR) is 89.4 cm³/mol. The Morgan fingerprint density at radius 2 is 1.55 bits per heavy atom. The normalized spacial score (nSPS) is 14.0. The van der Waals surface area contributed by atoms with Gasteiger partial charge in [-0.05, 0) is 55.9 Å². The molecule has 0 saturated heterocycles. The van der Waals surface area contributed by atoms with Crippen LogP contribution in [0.2, 0.25) is 0 Å². The van der Waals surface area contributed by atoms with E-state index in [0.29, 0.717) is 12.1 Å². The van der Waals surface area contributed by atoms with E-state index in [1.54, 1.807) is 11.8 Å². The molecule has 0 heterocycles. The first-order valence-electron chi connectivity index (χ1n) is 7.07. The van der Waals surface area contributed by atoms with Crippen molar-refractivity contribution < 1.29 is 0 Å². The molecule has 0 fully saturated rings. The van der Waals surface area contributed by atoms with Gasteiger partial charge in [-0.25, -0.2) is 0 Å². The average molecular weight is 285 g/mol. The number of nitrogens with one attached hydrogen (secondary N) is 1. The molecule has 2 atom stereocenters. The summed E-state index contributed by atoms with van der Waals surface area (Å²) in [5, 5.41) is 3.68. The third-order valence-electron chi connectivity index (χ3n) is 3.77. The van der Waals surface area contributed by atoms with Crippen molar-refractivity contribution in [3.8, 4) is 0 Å². The van der Waals surface area contributed by atoms with E-state index in [4.69, 9.17) is 0 Å². The second-order valence-electron chi connectivity index (χ2n) is 5.24. The number of rotatable bonds is 5. The average Bonchev–Trinajstić information content (AvgIpc) is 2.47. The van der Waals surface area contributed by atoms with Crippen LogP contribution >= 0.6 is 11.8 Å². The van der Waals surface area contributed by atoms with E-state index in [1.807, 2.05) is 0 Å². The highest BCUT2D eigenvalue weighted by Gasteiger charge is 2.12. The maximum absolute atomic E-state index is 3.68. The van der Waals surface area contributed by atoms with Crippen molar-refractivity contribution in [2.75, 3.05) is 6.26 Å². The molecule has 0 bridgehead atoms.